The largest absolute Gasteiger partial charge is 0.325 e. The molecular formula is C12H12BrNO. The number of terminal acetylenes is 1. The minimum Gasteiger partial charge on any atom is -0.325 e. The molecule has 1 rings (SSSR count). The second kappa shape index (κ2) is 5.57. The van der Waals surface area contributed by atoms with Gasteiger partial charge in [-0.15, -0.1) is 6.42 Å². The Labute approximate surface area is 98.2 Å². The Morgan fingerprint density at radius 1 is 1.60 bits per heavy atom. The third-order valence-electron chi connectivity index (χ3n) is 1.98. The summed E-state index contributed by atoms with van der Waals surface area (Å²) < 4.78 is 1.01. The van der Waals surface area contributed by atoms with E-state index in [1.54, 1.807) is 0 Å². The van der Waals surface area contributed by atoms with Crippen molar-refractivity contribution in [3.05, 3.63) is 28.2 Å². The fourth-order valence-electron chi connectivity index (χ4n) is 1.26. The van der Waals surface area contributed by atoms with Crippen LogP contribution in [0.3, 0.4) is 0 Å². The fourth-order valence-corrected chi connectivity index (χ4v) is 1.67. The standard InChI is InChI=1S/C12H12BrNO/c1-3-5-12(15)14-11-7-6-10(13)8-9(11)4-2/h1,6-8H,4-5H2,2H3,(H,14,15). The van der Waals surface area contributed by atoms with Gasteiger partial charge in [0.15, 0.2) is 0 Å². The van der Waals surface area contributed by atoms with Crippen molar-refractivity contribution >= 4 is 27.5 Å². The number of anilines is 1. The zero-order valence-corrected chi connectivity index (χ0v) is 10.1. The molecule has 0 aliphatic heterocycles. The molecular weight excluding hydrogens is 254 g/mol. The molecule has 1 N–H and O–H groups in total. The van der Waals surface area contributed by atoms with Crippen molar-refractivity contribution < 1.29 is 4.79 Å². The van der Waals surface area contributed by atoms with Crippen molar-refractivity contribution in [3.8, 4) is 12.3 Å². The first kappa shape index (κ1) is 11.8. The number of carbonyl (C=O) groups is 1. The van der Waals surface area contributed by atoms with Gasteiger partial charge < -0.3 is 5.32 Å². The molecule has 78 valence electrons. The fraction of sp³-hybridized carbons (Fsp3) is 0.250. The van der Waals surface area contributed by atoms with Crippen molar-refractivity contribution in [2.24, 2.45) is 0 Å². The highest BCUT2D eigenvalue weighted by Crippen LogP contribution is 2.21. The monoisotopic (exact) mass is 265 g/mol. The first-order chi connectivity index (χ1) is 7.17. The lowest BCUT2D eigenvalue weighted by molar-refractivity contribution is -0.115. The molecule has 2 nitrogen and oxygen atoms in total. The summed E-state index contributed by atoms with van der Waals surface area (Å²) in [7, 11) is 0. The summed E-state index contributed by atoms with van der Waals surface area (Å²) in [6.07, 6.45) is 6.04. The summed E-state index contributed by atoms with van der Waals surface area (Å²) in [6, 6.07) is 5.76. The predicted molar refractivity (Wildman–Crippen MR) is 65.6 cm³/mol. The Balaban J connectivity index is 2.85. The molecule has 0 radical (unpaired) electrons. The van der Waals surface area contributed by atoms with Crippen LogP contribution in [0.15, 0.2) is 22.7 Å². The van der Waals surface area contributed by atoms with Gasteiger partial charge in [-0.2, -0.15) is 0 Å². The van der Waals surface area contributed by atoms with Gasteiger partial charge in [-0.3, -0.25) is 4.79 Å². The lowest BCUT2D eigenvalue weighted by Crippen LogP contribution is -2.11. The van der Waals surface area contributed by atoms with Crippen LogP contribution >= 0.6 is 15.9 Å². The van der Waals surface area contributed by atoms with Crippen molar-refractivity contribution in [1.82, 2.24) is 0 Å². The second-order valence-corrected chi connectivity index (χ2v) is 4.00. The van der Waals surface area contributed by atoms with Crippen LogP contribution in [0.5, 0.6) is 0 Å². The third-order valence-corrected chi connectivity index (χ3v) is 2.48. The highest BCUT2D eigenvalue weighted by molar-refractivity contribution is 9.10. The van der Waals surface area contributed by atoms with E-state index in [2.05, 4.69) is 27.2 Å². The highest BCUT2D eigenvalue weighted by atomic mass is 79.9. The lowest BCUT2D eigenvalue weighted by Gasteiger charge is -2.09. The number of amides is 1. The Bertz CT molecular complexity index is 407. The van der Waals surface area contributed by atoms with Gasteiger partial charge in [0.1, 0.15) is 0 Å². The van der Waals surface area contributed by atoms with E-state index in [0.717, 1.165) is 22.1 Å². The van der Waals surface area contributed by atoms with Crippen LogP contribution in [-0.2, 0) is 11.2 Å². The van der Waals surface area contributed by atoms with E-state index < -0.39 is 0 Å². The maximum absolute atomic E-state index is 11.3. The second-order valence-electron chi connectivity index (χ2n) is 3.08. The quantitative estimate of drug-likeness (QED) is 0.837. The van der Waals surface area contributed by atoms with Crippen LogP contribution in [0.4, 0.5) is 5.69 Å². The summed E-state index contributed by atoms with van der Waals surface area (Å²) in [6.45, 7) is 2.04. The maximum atomic E-state index is 11.3. The number of benzene rings is 1. The van der Waals surface area contributed by atoms with Gasteiger partial charge in [-0.05, 0) is 30.2 Å². The molecule has 0 saturated heterocycles. The maximum Gasteiger partial charge on any atom is 0.236 e. The number of aryl methyl sites for hydroxylation is 1. The smallest absolute Gasteiger partial charge is 0.236 e. The number of hydrogen-bond acceptors (Lipinski definition) is 1. The van der Waals surface area contributed by atoms with Crippen LogP contribution in [-0.4, -0.2) is 5.91 Å². The molecule has 1 aromatic carbocycles. The van der Waals surface area contributed by atoms with Gasteiger partial charge in [0.25, 0.3) is 0 Å². The van der Waals surface area contributed by atoms with Crippen molar-refractivity contribution in [2.75, 3.05) is 5.32 Å². The Morgan fingerprint density at radius 2 is 2.33 bits per heavy atom. The van der Waals surface area contributed by atoms with E-state index in [0.29, 0.717) is 0 Å². The normalized spacial score (nSPS) is 9.40. The molecule has 0 heterocycles. The number of nitrogens with one attached hydrogen (secondary N) is 1. The van der Waals surface area contributed by atoms with Crippen molar-refractivity contribution in [2.45, 2.75) is 19.8 Å². The Hall–Kier alpha value is -1.27. The molecule has 1 amide bonds. The summed E-state index contributed by atoms with van der Waals surface area (Å²) in [5.41, 5.74) is 1.93. The van der Waals surface area contributed by atoms with E-state index in [4.69, 9.17) is 6.42 Å². The minimum atomic E-state index is -0.144. The lowest BCUT2D eigenvalue weighted by atomic mass is 10.1. The molecule has 0 bridgehead atoms. The van der Waals surface area contributed by atoms with E-state index in [1.165, 1.54) is 0 Å². The van der Waals surface area contributed by atoms with Gasteiger partial charge in [0.05, 0.1) is 6.42 Å². The van der Waals surface area contributed by atoms with Crippen molar-refractivity contribution in [1.29, 1.82) is 0 Å². The minimum absolute atomic E-state index is 0.110. The molecule has 0 atom stereocenters. The molecule has 3 heteroatoms. The van der Waals surface area contributed by atoms with Crippen LogP contribution < -0.4 is 5.32 Å². The summed E-state index contributed by atoms with van der Waals surface area (Å²) in [5.74, 6) is 2.17. The van der Waals surface area contributed by atoms with Crippen LogP contribution in [0, 0.1) is 12.3 Å². The van der Waals surface area contributed by atoms with Gasteiger partial charge in [0, 0.05) is 10.2 Å². The zero-order chi connectivity index (χ0) is 11.3. The average molecular weight is 266 g/mol. The molecule has 0 aliphatic carbocycles. The Kier molecular flexibility index (Phi) is 4.38. The number of halogens is 1. The van der Waals surface area contributed by atoms with Crippen LogP contribution in [0.1, 0.15) is 18.9 Å². The van der Waals surface area contributed by atoms with E-state index in [9.17, 15) is 4.79 Å². The topological polar surface area (TPSA) is 29.1 Å². The molecule has 15 heavy (non-hydrogen) atoms. The van der Waals surface area contributed by atoms with Gasteiger partial charge in [-0.25, -0.2) is 0 Å². The molecule has 0 aliphatic rings. The molecule has 1 aromatic rings. The van der Waals surface area contributed by atoms with Gasteiger partial charge in [0.2, 0.25) is 5.91 Å². The van der Waals surface area contributed by atoms with E-state index in [1.807, 2.05) is 25.1 Å². The average Bonchev–Trinajstić information content (AvgIpc) is 2.21. The third kappa shape index (κ3) is 3.41. The van der Waals surface area contributed by atoms with Crippen LogP contribution in [0.25, 0.3) is 0 Å². The molecule has 0 unspecified atom stereocenters. The van der Waals surface area contributed by atoms with Gasteiger partial charge in [-0.1, -0.05) is 28.8 Å². The summed E-state index contributed by atoms with van der Waals surface area (Å²) >= 11 is 3.39. The van der Waals surface area contributed by atoms with Gasteiger partial charge >= 0.3 is 0 Å². The first-order valence-electron chi connectivity index (χ1n) is 4.69. The molecule has 0 spiro atoms. The number of hydrogen-bond donors (Lipinski definition) is 1. The SMILES string of the molecule is C#CCC(=O)Nc1ccc(Br)cc1CC. The molecule has 0 fully saturated rings. The zero-order valence-electron chi connectivity index (χ0n) is 8.51. The summed E-state index contributed by atoms with van der Waals surface area (Å²) in [5, 5.41) is 2.79. The Morgan fingerprint density at radius 3 is 2.93 bits per heavy atom. The first-order valence-corrected chi connectivity index (χ1v) is 5.48. The molecule has 0 aromatic heterocycles. The van der Waals surface area contributed by atoms with Crippen molar-refractivity contribution in [3.63, 3.8) is 0 Å². The number of rotatable bonds is 3. The molecule has 0 saturated carbocycles. The highest BCUT2D eigenvalue weighted by Gasteiger charge is 2.04. The van der Waals surface area contributed by atoms with Crippen LogP contribution in [0.2, 0.25) is 0 Å². The van der Waals surface area contributed by atoms with E-state index >= 15 is 0 Å². The number of carbonyl (C=O) groups excluding carboxylic acids is 1. The predicted octanol–water partition coefficient (Wildman–Crippen LogP) is 2.97. The summed E-state index contributed by atoms with van der Waals surface area (Å²) in [4.78, 5) is 11.3. The van der Waals surface area contributed by atoms with E-state index in [-0.39, 0.29) is 12.3 Å².